The van der Waals surface area contributed by atoms with E-state index >= 15 is 0 Å². The van der Waals surface area contributed by atoms with Crippen LogP contribution < -0.4 is 15.0 Å². The minimum absolute atomic E-state index is 0.0691. The number of ether oxygens (including phenoxy) is 1. The third-order valence-corrected chi connectivity index (χ3v) is 7.55. The van der Waals surface area contributed by atoms with E-state index in [0.29, 0.717) is 18.6 Å². The molecule has 1 saturated heterocycles. The Morgan fingerprint density at radius 2 is 1.90 bits per heavy atom. The van der Waals surface area contributed by atoms with Gasteiger partial charge in [0.15, 0.2) is 0 Å². The molecule has 3 aliphatic rings. The first kappa shape index (κ1) is 20.5. The van der Waals surface area contributed by atoms with Crippen molar-refractivity contribution in [2.24, 2.45) is 17.8 Å². The highest BCUT2D eigenvalue weighted by Crippen LogP contribution is 2.49. The van der Waals surface area contributed by atoms with Gasteiger partial charge in [-0.15, -0.1) is 0 Å². The zero-order valence-corrected chi connectivity index (χ0v) is 18.3. The fraction of sp³-hybridized carbons (Fsp3) is 0.708. The van der Waals surface area contributed by atoms with Crippen molar-refractivity contribution in [1.29, 1.82) is 0 Å². The lowest BCUT2D eigenvalue weighted by Gasteiger charge is -2.39. The molecular formula is C24H37N3O2. The molecule has 1 aromatic rings. The number of nitrogens with one attached hydrogen (secondary N) is 1. The summed E-state index contributed by atoms with van der Waals surface area (Å²) in [5, 5.41) is 3.36. The number of piperazine rings is 1. The van der Waals surface area contributed by atoms with Gasteiger partial charge in [-0.1, -0.05) is 18.6 Å². The van der Waals surface area contributed by atoms with Crippen molar-refractivity contribution in [3.05, 3.63) is 24.3 Å². The van der Waals surface area contributed by atoms with Gasteiger partial charge in [0.05, 0.1) is 18.3 Å². The molecule has 3 fully saturated rings. The number of benzene rings is 1. The van der Waals surface area contributed by atoms with E-state index in [-0.39, 0.29) is 11.9 Å². The maximum atomic E-state index is 12.9. The quantitative estimate of drug-likeness (QED) is 0.762. The second-order valence-electron chi connectivity index (χ2n) is 9.24. The molecule has 160 valence electrons. The number of amides is 1. The molecule has 5 heteroatoms. The third kappa shape index (κ3) is 4.40. The Morgan fingerprint density at radius 3 is 2.55 bits per heavy atom. The van der Waals surface area contributed by atoms with Gasteiger partial charge in [0.1, 0.15) is 5.75 Å². The molecule has 4 rings (SSSR count). The number of hydrogen-bond donors (Lipinski definition) is 1. The van der Waals surface area contributed by atoms with Crippen LogP contribution in [-0.2, 0) is 4.79 Å². The van der Waals surface area contributed by atoms with Crippen LogP contribution in [0, 0.1) is 17.8 Å². The second kappa shape index (κ2) is 8.95. The molecule has 1 amide bonds. The minimum Gasteiger partial charge on any atom is -0.492 e. The van der Waals surface area contributed by atoms with Gasteiger partial charge in [0, 0.05) is 32.2 Å². The SMILES string of the molecule is CCOc1ccccc1N1CCN([C@H](C)C(=O)N[C@H](C)[C@@H]2C[C@H]3CC[C@H]2C3)CC1. The van der Waals surface area contributed by atoms with Crippen LogP contribution in [0.25, 0.3) is 0 Å². The third-order valence-electron chi connectivity index (χ3n) is 7.55. The molecule has 0 radical (unpaired) electrons. The van der Waals surface area contributed by atoms with E-state index in [2.05, 4.69) is 41.1 Å². The molecule has 0 aromatic heterocycles. The van der Waals surface area contributed by atoms with Crippen LogP contribution in [0.4, 0.5) is 5.69 Å². The van der Waals surface area contributed by atoms with E-state index in [9.17, 15) is 4.79 Å². The lowest BCUT2D eigenvalue weighted by Crippen LogP contribution is -2.55. The summed E-state index contributed by atoms with van der Waals surface area (Å²) in [6.45, 7) is 10.6. The molecule has 1 heterocycles. The van der Waals surface area contributed by atoms with Crippen LogP contribution in [0.2, 0.25) is 0 Å². The van der Waals surface area contributed by atoms with Crippen LogP contribution >= 0.6 is 0 Å². The molecule has 0 unspecified atom stereocenters. The minimum atomic E-state index is -0.0691. The predicted molar refractivity (Wildman–Crippen MR) is 117 cm³/mol. The Kier molecular flexibility index (Phi) is 6.33. The smallest absolute Gasteiger partial charge is 0.237 e. The summed E-state index contributed by atoms with van der Waals surface area (Å²) in [6.07, 6.45) is 5.50. The Labute approximate surface area is 175 Å². The van der Waals surface area contributed by atoms with Gasteiger partial charge in [-0.2, -0.15) is 0 Å². The van der Waals surface area contributed by atoms with E-state index in [1.807, 2.05) is 19.1 Å². The summed E-state index contributed by atoms with van der Waals surface area (Å²) in [7, 11) is 0. The predicted octanol–water partition coefficient (Wildman–Crippen LogP) is 3.54. The van der Waals surface area contributed by atoms with Crippen LogP contribution in [0.3, 0.4) is 0 Å². The van der Waals surface area contributed by atoms with Gasteiger partial charge in [0.2, 0.25) is 5.91 Å². The molecule has 2 saturated carbocycles. The topological polar surface area (TPSA) is 44.8 Å². The molecular weight excluding hydrogens is 362 g/mol. The van der Waals surface area contributed by atoms with E-state index in [0.717, 1.165) is 49.5 Å². The number of carbonyl (C=O) groups is 1. The summed E-state index contributed by atoms with van der Waals surface area (Å²) in [6, 6.07) is 8.50. The Balaban J connectivity index is 1.28. The number of anilines is 1. The van der Waals surface area contributed by atoms with E-state index in [1.165, 1.54) is 25.7 Å². The van der Waals surface area contributed by atoms with E-state index in [1.54, 1.807) is 0 Å². The van der Waals surface area contributed by atoms with Crippen molar-refractivity contribution < 1.29 is 9.53 Å². The van der Waals surface area contributed by atoms with Gasteiger partial charge < -0.3 is 15.0 Å². The van der Waals surface area contributed by atoms with Crippen molar-refractivity contribution in [2.75, 3.05) is 37.7 Å². The molecule has 29 heavy (non-hydrogen) atoms. The Hall–Kier alpha value is -1.75. The van der Waals surface area contributed by atoms with Crippen LogP contribution in [0.15, 0.2) is 24.3 Å². The van der Waals surface area contributed by atoms with Crippen LogP contribution in [0.1, 0.15) is 46.5 Å². The first-order valence-corrected chi connectivity index (χ1v) is 11.6. The first-order valence-electron chi connectivity index (χ1n) is 11.6. The monoisotopic (exact) mass is 399 g/mol. The maximum Gasteiger partial charge on any atom is 0.237 e. The van der Waals surface area contributed by atoms with E-state index < -0.39 is 0 Å². The average molecular weight is 400 g/mol. The fourth-order valence-electron chi connectivity index (χ4n) is 5.87. The number of para-hydroxylation sites is 2. The lowest BCUT2D eigenvalue weighted by molar-refractivity contribution is -0.127. The fourth-order valence-corrected chi connectivity index (χ4v) is 5.87. The highest BCUT2D eigenvalue weighted by atomic mass is 16.5. The number of rotatable bonds is 7. The largest absolute Gasteiger partial charge is 0.492 e. The standard InChI is InChI=1S/C24H37N3O2/c1-4-29-23-8-6-5-7-22(23)27-13-11-26(12-14-27)18(3)24(28)25-17(2)21-16-19-9-10-20(21)15-19/h5-8,17-21H,4,9-16H2,1-3H3,(H,25,28)/t17-,18-,19+,20+,21+/m1/s1. The van der Waals surface area contributed by atoms with Crippen molar-refractivity contribution in [3.63, 3.8) is 0 Å². The van der Waals surface area contributed by atoms with Crippen molar-refractivity contribution in [2.45, 2.75) is 58.5 Å². The number of hydrogen-bond acceptors (Lipinski definition) is 4. The zero-order valence-electron chi connectivity index (χ0n) is 18.3. The van der Waals surface area contributed by atoms with Gasteiger partial charge in [0.25, 0.3) is 0 Å². The average Bonchev–Trinajstić information content (AvgIpc) is 3.38. The van der Waals surface area contributed by atoms with Gasteiger partial charge in [-0.3, -0.25) is 9.69 Å². The molecule has 5 atom stereocenters. The summed E-state index contributed by atoms with van der Waals surface area (Å²) in [5.41, 5.74) is 1.16. The van der Waals surface area contributed by atoms with Crippen molar-refractivity contribution >= 4 is 11.6 Å². The van der Waals surface area contributed by atoms with Gasteiger partial charge >= 0.3 is 0 Å². The molecule has 1 aromatic carbocycles. The lowest BCUT2D eigenvalue weighted by atomic mass is 9.84. The maximum absolute atomic E-state index is 12.9. The second-order valence-corrected chi connectivity index (χ2v) is 9.24. The van der Waals surface area contributed by atoms with Crippen LogP contribution in [-0.4, -0.2) is 55.7 Å². The highest BCUT2D eigenvalue weighted by molar-refractivity contribution is 5.81. The van der Waals surface area contributed by atoms with E-state index in [4.69, 9.17) is 4.74 Å². The Bertz CT molecular complexity index is 701. The number of nitrogens with zero attached hydrogens (tertiary/aromatic N) is 2. The first-order chi connectivity index (χ1) is 14.1. The van der Waals surface area contributed by atoms with Gasteiger partial charge in [-0.25, -0.2) is 0 Å². The Morgan fingerprint density at radius 1 is 1.14 bits per heavy atom. The summed E-state index contributed by atoms with van der Waals surface area (Å²) < 4.78 is 5.80. The molecule has 1 aliphatic heterocycles. The number of carbonyl (C=O) groups excluding carboxylic acids is 1. The van der Waals surface area contributed by atoms with Crippen molar-refractivity contribution in [3.8, 4) is 5.75 Å². The molecule has 2 bridgehead atoms. The summed E-state index contributed by atoms with van der Waals surface area (Å²) in [5.74, 6) is 3.61. The number of fused-ring (bicyclic) bond motifs is 2. The zero-order chi connectivity index (χ0) is 20.4. The summed E-state index contributed by atoms with van der Waals surface area (Å²) in [4.78, 5) is 17.6. The molecule has 2 aliphatic carbocycles. The molecule has 1 N–H and O–H groups in total. The normalized spacial score (nSPS) is 28.9. The van der Waals surface area contributed by atoms with Gasteiger partial charge in [-0.05, 0) is 69.9 Å². The van der Waals surface area contributed by atoms with Crippen LogP contribution in [0.5, 0.6) is 5.75 Å². The molecule has 5 nitrogen and oxygen atoms in total. The van der Waals surface area contributed by atoms with Crippen molar-refractivity contribution in [1.82, 2.24) is 10.2 Å². The highest BCUT2D eigenvalue weighted by Gasteiger charge is 2.42. The summed E-state index contributed by atoms with van der Waals surface area (Å²) >= 11 is 0. The molecule has 0 spiro atoms.